The highest BCUT2D eigenvalue weighted by atomic mass is 35.5. The molecule has 0 unspecified atom stereocenters. The second-order valence-electron chi connectivity index (χ2n) is 8.13. The summed E-state index contributed by atoms with van der Waals surface area (Å²) in [6, 6.07) is 18.3. The van der Waals surface area contributed by atoms with E-state index in [0.29, 0.717) is 5.41 Å². The Morgan fingerprint density at radius 2 is 1.86 bits per heavy atom. The second-order valence-corrected chi connectivity index (χ2v) is 8.57. The molecule has 2 aromatic carbocycles. The molecule has 1 aliphatic carbocycles. The first kappa shape index (κ1) is 20.2. The van der Waals surface area contributed by atoms with Crippen molar-refractivity contribution in [1.82, 2.24) is 9.97 Å². The zero-order valence-electron chi connectivity index (χ0n) is 17.0. The van der Waals surface area contributed by atoms with E-state index in [4.69, 9.17) is 11.6 Å². The molecule has 4 heteroatoms. The van der Waals surface area contributed by atoms with E-state index < -0.39 is 0 Å². The summed E-state index contributed by atoms with van der Waals surface area (Å²) in [4.78, 5) is 7.68. The lowest BCUT2D eigenvalue weighted by molar-refractivity contribution is 0.622. The average molecular weight is 394 g/mol. The largest absolute Gasteiger partial charge is 0.330 e. The van der Waals surface area contributed by atoms with E-state index in [1.807, 2.05) is 56.3 Å². The molecule has 1 atom stereocenters. The fourth-order valence-electron chi connectivity index (χ4n) is 3.36. The van der Waals surface area contributed by atoms with Crippen molar-refractivity contribution in [2.45, 2.75) is 40.0 Å². The average Bonchev–Trinajstić information content (AvgIpc) is 3.13. The Hall–Kier alpha value is -2.52. The second kappa shape index (κ2) is 8.24. The Kier molecular flexibility index (Phi) is 5.95. The van der Waals surface area contributed by atoms with Crippen molar-refractivity contribution in [3.8, 4) is 11.3 Å². The van der Waals surface area contributed by atoms with Gasteiger partial charge in [-0.15, -0.1) is 0 Å². The molecule has 1 aliphatic rings. The summed E-state index contributed by atoms with van der Waals surface area (Å²) < 4.78 is 0. The number of hydrogen-bond acceptors (Lipinski definition) is 2. The molecule has 3 aromatic rings. The van der Waals surface area contributed by atoms with Crippen LogP contribution >= 0.6 is 11.6 Å². The van der Waals surface area contributed by atoms with Crippen molar-refractivity contribution < 1.29 is 0 Å². The van der Waals surface area contributed by atoms with E-state index in [0.717, 1.165) is 39.5 Å². The lowest BCUT2D eigenvalue weighted by Gasteiger charge is -2.03. The van der Waals surface area contributed by atoms with Gasteiger partial charge in [0.25, 0.3) is 0 Å². The van der Waals surface area contributed by atoms with Crippen LogP contribution in [0.1, 0.15) is 44.4 Å². The zero-order chi connectivity index (χ0) is 20.3. The number of anilines is 1. The molecule has 1 heterocycles. The van der Waals surface area contributed by atoms with Crippen molar-refractivity contribution in [3.63, 3.8) is 0 Å². The lowest BCUT2D eigenvalue weighted by atomic mass is 10.0. The van der Waals surface area contributed by atoms with E-state index in [1.165, 1.54) is 12.0 Å². The Balaban J connectivity index is 0.000000167. The molecule has 0 aliphatic heterocycles. The highest BCUT2D eigenvalue weighted by Gasteiger charge is 2.46. The molecule has 3 nitrogen and oxygen atoms in total. The number of aromatic amines is 1. The van der Waals surface area contributed by atoms with Gasteiger partial charge in [0.15, 0.2) is 0 Å². The minimum atomic E-state index is 0.505. The minimum absolute atomic E-state index is 0.505. The summed E-state index contributed by atoms with van der Waals surface area (Å²) in [5.74, 6) is 1.47. The summed E-state index contributed by atoms with van der Waals surface area (Å²) in [5.41, 5.74) is 5.91. The third kappa shape index (κ3) is 5.05. The maximum absolute atomic E-state index is 5.91. The Morgan fingerprint density at radius 3 is 2.43 bits per heavy atom. The number of H-pyrrole nitrogens is 1. The maximum Gasteiger partial charge on any atom is 0.205 e. The first-order chi connectivity index (χ1) is 13.3. The molecule has 0 spiro atoms. The highest BCUT2D eigenvalue weighted by molar-refractivity contribution is 6.30. The van der Waals surface area contributed by atoms with Crippen LogP contribution in [0.5, 0.6) is 0 Å². The first-order valence-electron chi connectivity index (χ1n) is 9.56. The fraction of sp³-hybridized carbons (Fsp3) is 0.292. The molecule has 28 heavy (non-hydrogen) atoms. The third-order valence-corrected chi connectivity index (χ3v) is 5.26. The van der Waals surface area contributed by atoms with Gasteiger partial charge in [-0.25, -0.2) is 4.98 Å². The summed E-state index contributed by atoms with van der Waals surface area (Å²) in [5, 5.41) is 3.93. The lowest BCUT2D eigenvalue weighted by Crippen LogP contribution is -1.95. The van der Waals surface area contributed by atoms with E-state index in [9.17, 15) is 0 Å². The standard InChI is InChI=1S/C13H15N3.C11H13Cl/c1-9(2)14-13-15-10(3)12(16-13)11-7-5-4-6-8-11;1-11(2)7-10(11)8-4-3-5-9(12)6-8/h4-8H,1H2,2-3H3,(H2,14,15,16);3-6,10H,7H2,1-2H3/t;10-/m.0/s1. The van der Waals surface area contributed by atoms with Gasteiger partial charge in [-0.05, 0) is 49.3 Å². The number of aromatic nitrogens is 2. The molecule has 0 radical (unpaired) electrons. The normalized spacial score (nSPS) is 16.7. The van der Waals surface area contributed by atoms with Crippen molar-refractivity contribution >= 4 is 17.5 Å². The number of aryl methyl sites for hydroxylation is 1. The monoisotopic (exact) mass is 393 g/mol. The van der Waals surface area contributed by atoms with Gasteiger partial charge in [0.05, 0.1) is 5.69 Å². The molecule has 1 saturated carbocycles. The number of hydrogen-bond donors (Lipinski definition) is 2. The Bertz CT molecular complexity index is 957. The summed E-state index contributed by atoms with van der Waals surface area (Å²) >= 11 is 5.91. The van der Waals surface area contributed by atoms with Crippen LogP contribution in [-0.2, 0) is 0 Å². The van der Waals surface area contributed by atoms with E-state index >= 15 is 0 Å². The SMILES string of the molecule is C=C(C)Nc1nc(-c2ccccc2)c(C)[nH]1.CC1(C)C[C@H]1c1cccc(Cl)c1. The highest BCUT2D eigenvalue weighted by Crippen LogP contribution is 2.58. The molecule has 146 valence electrons. The van der Waals surface area contributed by atoms with Gasteiger partial charge < -0.3 is 10.3 Å². The topological polar surface area (TPSA) is 40.7 Å². The first-order valence-corrected chi connectivity index (χ1v) is 9.94. The summed E-state index contributed by atoms with van der Waals surface area (Å²) in [6.07, 6.45) is 1.30. The van der Waals surface area contributed by atoms with Gasteiger partial charge in [-0.3, -0.25) is 0 Å². The number of halogens is 1. The zero-order valence-corrected chi connectivity index (χ0v) is 17.8. The van der Waals surface area contributed by atoms with Crippen LogP contribution in [0.2, 0.25) is 5.02 Å². The third-order valence-electron chi connectivity index (χ3n) is 5.03. The van der Waals surface area contributed by atoms with Crippen LogP contribution in [0.25, 0.3) is 11.3 Å². The number of nitrogens with one attached hydrogen (secondary N) is 2. The van der Waals surface area contributed by atoms with Gasteiger partial charge in [-0.2, -0.15) is 0 Å². The van der Waals surface area contributed by atoms with Crippen LogP contribution in [0.3, 0.4) is 0 Å². The maximum atomic E-state index is 5.91. The molecule has 1 aromatic heterocycles. The van der Waals surface area contributed by atoms with Crippen LogP contribution in [0, 0.1) is 12.3 Å². The van der Waals surface area contributed by atoms with E-state index in [-0.39, 0.29) is 0 Å². The smallest absolute Gasteiger partial charge is 0.205 e. The number of nitrogens with zero attached hydrogens (tertiary/aromatic N) is 1. The number of imidazole rings is 1. The Labute approximate surface area is 172 Å². The van der Waals surface area contributed by atoms with Gasteiger partial charge in [0.2, 0.25) is 5.95 Å². The van der Waals surface area contributed by atoms with Crippen LogP contribution < -0.4 is 5.32 Å². The van der Waals surface area contributed by atoms with Crippen molar-refractivity contribution in [1.29, 1.82) is 0 Å². The Morgan fingerprint density at radius 1 is 1.18 bits per heavy atom. The van der Waals surface area contributed by atoms with Crippen LogP contribution in [0.15, 0.2) is 66.9 Å². The molecular weight excluding hydrogens is 366 g/mol. The van der Waals surface area contributed by atoms with Gasteiger partial charge >= 0.3 is 0 Å². The molecule has 2 N–H and O–H groups in total. The molecular formula is C24H28ClN3. The molecule has 0 amide bonds. The predicted octanol–water partition coefficient (Wildman–Crippen LogP) is 7.18. The van der Waals surface area contributed by atoms with Gasteiger partial charge in [0.1, 0.15) is 0 Å². The molecule has 0 bridgehead atoms. The molecule has 1 fully saturated rings. The van der Waals surface area contributed by atoms with Crippen molar-refractivity contribution in [2.75, 3.05) is 5.32 Å². The van der Waals surface area contributed by atoms with Crippen molar-refractivity contribution in [2.24, 2.45) is 5.41 Å². The van der Waals surface area contributed by atoms with Gasteiger partial charge in [-0.1, -0.05) is 74.5 Å². The van der Waals surface area contributed by atoms with Crippen LogP contribution in [-0.4, -0.2) is 9.97 Å². The number of benzene rings is 2. The van der Waals surface area contributed by atoms with Crippen molar-refractivity contribution in [3.05, 3.63) is 83.2 Å². The van der Waals surface area contributed by atoms with E-state index in [1.54, 1.807) is 0 Å². The molecule has 0 saturated heterocycles. The van der Waals surface area contributed by atoms with E-state index in [2.05, 4.69) is 47.8 Å². The summed E-state index contributed by atoms with van der Waals surface area (Å²) in [7, 11) is 0. The fourth-order valence-corrected chi connectivity index (χ4v) is 3.56. The summed E-state index contributed by atoms with van der Waals surface area (Å²) in [6.45, 7) is 12.3. The van der Waals surface area contributed by atoms with Crippen LogP contribution in [0.4, 0.5) is 5.95 Å². The molecule has 4 rings (SSSR count). The van der Waals surface area contributed by atoms with Gasteiger partial charge in [0, 0.05) is 22.0 Å². The predicted molar refractivity (Wildman–Crippen MR) is 120 cm³/mol. The number of allylic oxidation sites excluding steroid dienone is 1. The number of rotatable bonds is 4. The quantitative estimate of drug-likeness (QED) is 0.492. The minimum Gasteiger partial charge on any atom is -0.330 e.